The highest BCUT2D eigenvalue weighted by molar-refractivity contribution is 14.1. The maximum absolute atomic E-state index is 5.80. The molecule has 0 amide bonds. The Bertz CT molecular complexity index is 114. The van der Waals surface area contributed by atoms with Gasteiger partial charge in [0.25, 0.3) is 0 Å². The van der Waals surface area contributed by atoms with E-state index in [0.717, 1.165) is 6.42 Å². The van der Waals surface area contributed by atoms with Crippen LogP contribution in [0, 0.1) is 5.41 Å². The lowest BCUT2D eigenvalue weighted by Gasteiger charge is -2.28. The average molecular weight is 284 g/mol. The molecular formula is C10H21IO. The molecule has 0 radical (unpaired) electrons. The minimum atomic E-state index is -0.0168. The maximum atomic E-state index is 5.80. The Balaban J connectivity index is 3.83. The maximum Gasteiger partial charge on any atom is 0.110 e. The molecule has 0 rings (SSSR count). The molecule has 1 atom stereocenters. The van der Waals surface area contributed by atoms with Gasteiger partial charge in [0.15, 0.2) is 0 Å². The fraction of sp³-hybridized carbons (Fsp3) is 1.00. The summed E-state index contributed by atoms with van der Waals surface area (Å²) in [5, 5.41) is 0. The summed E-state index contributed by atoms with van der Waals surface area (Å²) in [6, 6.07) is 0. The zero-order valence-corrected chi connectivity index (χ0v) is 11.2. The van der Waals surface area contributed by atoms with Gasteiger partial charge >= 0.3 is 0 Å². The lowest BCUT2D eigenvalue weighted by atomic mass is 9.93. The molecule has 0 aliphatic rings. The molecule has 0 saturated carbocycles. The molecular weight excluding hydrogens is 263 g/mol. The van der Waals surface area contributed by atoms with Crippen LogP contribution in [0.25, 0.3) is 0 Å². The van der Waals surface area contributed by atoms with Crippen molar-refractivity contribution in [2.45, 2.75) is 57.7 Å². The van der Waals surface area contributed by atoms with Gasteiger partial charge in [-0.15, -0.1) is 0 Å². The van der Waals surface area contributed by atoms with Crippen molar-refractivity contribution >= 4 is 22.6 Å². The van der Waals surface area contributed by atoms with Crippen LogP contribution < -0.4 is 0 Å². The lowest BCUT2D eigenvalue weighted by molar-refractivity contribution is -0.0241. The molecule has 0 spiro atoms. The molecule has 74 valence electrons. The van der Waals surface area contributed by atoms with Gasteiger partial charge in [-0.25, -0.2) is 0 Å². The highest BCUT2D eigenvalue weighted by Gasteiger charge is 2.21. The molecule has 0 bridgehead atoms. The summed E-state index contributed by atoms with van der Waals surface area (Å²) in [5.74, 6) is 0. The minimum absolute atomic E-state index is 0.0168. The first-order chi connectivity index (χ1) is 5.10. The molecule has 0 fully saturated rings. The first kappa shape index (κ1) is 12.7. The summed E-state index contributed by atoms with van der Waals surface area (Å²) in [6.45, 7) is 13.0. The lowest BCUT2D eigenvalue weighted by Crippen LogP contribution is -2.26. The predicted octanol–water partition coefficient (Wildman–Crippen LogP) is 4.00. The average Bonchev–Trinajstić information content (AvgIpc) is 1.49. The molecule has 0 aliphatic carbocycles. The summed E-state index contributed by atoms with van der Waals surface area (Å²) in [7, 11) is 0. The summed E-state index contributed by atoms with van der Waals surface area (Å²) in [5.41, 5.74) is 0.341. The van der Waals surface area contributed by atoms with E-state index >= 15 is 0 Å². The summed E-state index contributed by atoms with van der Waals surface area (Å²) in [6.07, 6.45) is 1.10. The van der Waals surface area contributed by atoms with E-state index in [1.165, 1.54) is 0 Å². The van der Waals surface area contributed by atoms with E-state index < -0.39 is 0 Å². The van der Waals surface area contributed by atoms with Crippen molar-refractivity contribution in [3.8, 4) is 0 Å². The van der Waals surface area contributed by atoms with Gasteiger partial charge in [-0.1, -0.05) is 43.4 Å². The highest BCUT2D eigenvalue weighted by atomic mass is 127. The van der Waals surface area contributed by atoms with Crippen molar-refractivity contribution in [3.05, 3.63) is 0 Å². The summed E-state index contributed by atoms with van der Waals surface area (Å²) < 4.78 is 6.12. The van der Waals surface area contributed by atoms with E-state index in [9.17, 15) is 0 Å². The molecule has 0 aromatic rings. The Kier molecular flexibility index (Phi) is 4.51. The predicted molar refractivity (Wildman–Crippen MR) is 62.7 cm³/mol. The molecule has 0 saturated heterocycles. The molecule has 1 unspecified atom stereocenters. The fourth-order valence-electron chi connectivity index (χ4n) is 0.907. The van der Waals surface area contributed by atoms with E-state index in [1.54, 1.807) is 0 Å². The molecule has 12 heavy (non-hydrogen) atoms. The highest BCUT2D eigenvalue weighted by Crippen LogP contribution is 2.28. The van der Waals surface area contributed by atoms with E-state index in [-0.39, 0.29) is 5.60 Å². The van der Waals surface area contributed by atoms with E-state index in [4.69, 9.17) is 4.74 Å². The normalized spacial score (nSPS) is 16.2. The number of ether oxygens (including phenoxy) is 1. The van der Waals surface area contributed by atoms with Gasteiger partial charge < -0.3 is 4.74 Å². The number of hydrogen-bond acceptors (Lipinski definition) is 1. The Hall–Kier alpha value is 0.690. The van der Waals surface area contributed by atoms with Crippen LogP contribution in [0.5, 0.6) is 0 Å². The third-order valence-corrected chi connectivity index (χ3v) is 1.95. The van der Waals surface area contributed by atoms with Crippen LogP contribution in [-0.2, 0) is 4.74 Å². The van der Waals surface area contributed by atoms with Gasteiger partial charge in [0.2, 0.25) is 0 Å². The second kappa shape index (κ2) is 4.27. The largest absolute Gasteiger partial charge is 0.362 e. The topological polar surface area (TPSA) is 9.23 Å². The SMILES string of the molecule is CC(C)(C)CC(I)OC(C)(C)C. The van der Waals surface area contributed by atoms with Crippen LogP contribution >= 0.6 is 22.6 Å². The van der Waals surface area contributed by atoms with Crippen LogP contribution in [0.3, 0.4) is 0 Å². The van der Waals surface area contributed by atoms with Crippen LogP contribution in [0.15, 0.2) is 0 Å². The molecule has 0 heterocycles. The van der Waals surface area contributed by atoms with Crippen molar-refractivity contribution in [1.82, 2.24) is 0 Å². The van der Waals surface area contributed by atoms with E-state index in [2.05, 4.69) is 64.1 Å². The Morgan fingerprint density at radius 1 is 1.08 bits per heavy atom. The standard InChI is InChI=1S/C10H21IO/c1-9(2,3)7-8(11)12-10(4,5)6/h8H,7H2,1-6H3. The number of alkyl halides is 1. The second-order valence-electron chi connectivity index (χ2n) is 5.41. The van der Waals surface area contributed by atoms with Crippen molar-refractivity contribution in [3.63, 3.8) is 0 Å². The summed E-state index contributed by atoms with van der Waals surface area (Å²) in [4.78, 5) is 0. The number of halogens is 1. The second-order valence-corrected chi connectivity index (χ2v) is 6.79. The third kappa shape index (κ3) is 8.78. The number of rotatable bonds is 2. The van der Waals surface area contributed by atoms with Crippen LogP contribution in [-0.4, -0.2) is 9.71 Å². The monoisotopic (exact) mass is 284 g/mol. The molecule has 0 aliphatic heterocycles. The van der Waals surface area contributed by atoms with Crippen molar-refractivity contribution in [2.75, 3.05) is 0 Å². The van der Waals surface area contributed by atoms with Crippen molar-refractivity contribution in [1.29, 1.82) is 0 Å². The van der Waals surface area contributed by atoms with Gasteiger partial charge in [-0.2, -0.15) is 0 Å². The molecule has 0 aromatic carbocycles. The van der Waals surface area contributed by atoms with E-state index in [1.807, 2.05) is 0 Å². The minimum Gasteiger partial charge on any atom is -0.362 e. The smallest absolute Gasteiger partial charge is 0.110 e. The molecule has 0 N–H and O–H groups in total. The van der Waals surface area contributed by atoms with Gasteiger partial charge in [-0.05, 0) is 32.6 Å². The van der Waals surface area contributed by atoms with Crippen molar-refractivity contribution < 1.29 is 4.74 Å². The van der Waals surface area contributed by atoms with Crippen LogP contribution in [0.4, 0.5) is 0 Å². The Labute approximate surface area is 90.4 Å². The first-order valence-corrected chi connectivity index (χ1v) is 5.67. The molecule has 2 heteroatoms. The zero-order valence-electron chi connectivity index (χ0n) is 9.07. The van der Waals surface area contributed by atoms with Crippen molar-refractivity contribution in [2.24, 2.45) is 5.41 Å². The molecule has 1 nitrogen and oxygen atoms in total. The molecule has 0 aromatic heterocycles. The summed E-state index contributed by atoms with van der Waals surface area (Å²) >= 11 is 2.37. The third-order valence-electron chi connectivity index (χ3n) is 1.25. The zero-order chi connectivity index (χ0) is 9.99. The van der Waals surface area contributed by atoms with Gasteiger partial charge in [-0.3, -0.25) is 0 Å². The van der Waals surface area contributed by atoms with E-state index in [0.29, 0.717) is 9.53 Å². The van der Waals surface area contributed by atoms with Crippen LogP contribution in [0.1, 0.15) is 48.0 Å². The Morgan fingerprint density at radius 3 is 1.75 bits per heavy atom. The Morgan fingerprint density at radius 2 is 1.50 bits per heavy atom. The van der Waals surface area contributed by atoms with Gasteiger partial charge in [0.1, 0.15) is 4.11 Å². The van der Waals surface area contributed by atoms with Gasteiger partial charge in [0, 0.05) is 0 Å². The fourth-order valence-corrected chi connectivity index (χ4v) is 2.99. The number of hydrogen-bond donors (Lipinski definition) is 0. The van der Waals surface area contributed by atoms with Gasteiger partial charge in [0.05, 0.1) is 5.60 Å². The quantitative estimate of drug-likeness (QED) is 0.550. The first-order valence-electron chi connectivity index (χ1n) is 4.42. The van der Waals surface area contributed by atoms with Crippen LogP contribution in [0.2, 0.25) is 0 Å².